The summed E-state index contributed by atoms with van der Waals surface area (Å²) in [7, 11) is 0. The first-order valence-electron chi connectivity index (χ1n) is 8.69. The zero-order chi connectivity index (χ0) is 19.4. The molecule has 4 atom stereocenters. The number of piperidine rings is 1. The summed E-state index contributed by atoms with van der Waals surface area (Å²) in [5, 5.41) is 12.4. The van der Waals surface area contributed by atoms with E-state index in [0.29, 0.717) is 6.54 Å². The van der Waals surface area contributed by atoms with Crippen LogP contribution in [0.2, 0.25) is 0 Å². The van der Waals surface area contributed by atoms with Crippen molar-refractivity contribution < 1.29 is 23.9 Å². The molecule has 0 bridgehead atoms. The van der Waals surface area contributed by atoms with Crippen LogP contribution < -0.4 is 5.32 Å². The fourth-order valence-corrected chi connectivity index (χ4v) is 4.14. The molecule has 1 aromatic heterocycles. The van der Waals surface area contributed by atoms with Crippen LogP contribution in [-0.4, -0.2) is 51.4 Å². The average molecular weight is 363 g/mol. The van der Waals surface area contributed by atoms with Gasteiger partial charge in [0.25, 0.3) is 5.91 Å². The molecule has 1 aromatic rings. The van der Waals surface area contributed by atoms with Gasteiger partial charge in [0.1, 0.15) is 12.1 Å². The standard InChI is InChI=1S/C18H25N3O5/c1-17(2,3)13(20-14(22)10-6-19-8-26-10)15(23)21-7-9-11(18(9,4)5)12(21)16(24)25/h6,8-9,11-13H,7H2,1-5H3,(H,20,22)(H,24,25)/t9-,11-,12-,13+/m0/s1. The lowest BCUT2D eigenvalue weighted by Crippen LogP contribution is -2.58. The van der Waals surface area contributed by atoms with Gasteiger partial charge < -0.3 is 19.7 Å². The molecule has 0 radical (unpaired) electrons. The van der Waals surface area contributed by atoms with E-state index in [0.717, 1.165) is 6.39 Å². The Bertz CT molecular complexity index is 735. The highest BCUT2D eigenvalue weighted by Crippen LogP contribution is 2.65. The maximum Gasteiger partial charge on any atom is 0.326 e. The summed E-state index contributed by atoms with van der Waals surface area (Å²) in [5.74, 6) is -1.78. The van der Waals surface area contributed by atoms with E-state index in [2.05, 4.69) is 10.3 Å². The summed E-state index contributed by atoms with van der Waals surface area (Å²) < 4.78 is 4.98. The van der Waals surface area contributed by atoms with Crippen molar-refractivity contribution in [2.75, 3.05) is 6.54 Å². The predicted octanol–water partition coefficient (Wildman–Crippen LogP) is 1.39. The van der Waals surface area contributed by atoms with Crippen molar-refractivity contribution in [3.05, 3.63) is 18.4 Å². The Hall–Kier alpha value is -2.38. The minimum atomic E-state index is -0.995. The second kappa shape index (κ2) is 5.82. The highest BCUT2D eigenvalue weighted by Gasteiger charge is 2.70. The van der Waals surface area contributed by atoms with Crippen LogP contribution in [-0.2, 0) is 9.59 Å². The SMILES string of the molecule is CC(C)(C)[C@H](NC(=O)c1cnco1)C(=O)N1C[C@H]2[C@@H]([C@H]1C(=O)O)C2(C)C. The van der Waals surface area contributed by atoms with Crippen LogP contribution >= 0.6 is 0 Å². The van der Waals surface area contributed by atoms with Gasteiger partial charge in [-0.05, 0) is 16.7 Å². The number of fused-ring (bicyclic) bond motifs is 1. The Morgan fingerprint density at radius 1 is 1.38 bits per heavy atom. The van der Waals surface area contributed by atoms with Gasteiger partial charge in [0.05, 0.1) is 6.20 Å². The Balaban J connectivity index is 1.82. The van der Waals surface area contributed by atoms with Gasteiger partial charge in [-0.25, -0.2) is 9.78 Å². The maximum absolute atomic E-state index is 13.2. The molecule has 0 spiro atoms. The normalized spacial score (nSPS) is 27.6. The number of nitrogens with zero attached hydrogens (tertiary/aromatic N) is 2. The molecule has 1 aliphatic heterocycles. The van der Waals surface area contributed by atoms with Crippen molar-refractivity contribution in [2.24, 2.45) is 22.7 Å². The number of carboxylic acids is 1. The summed E-state index contributed by atoms with van der Waals surface area (Å²) in [6.07, 6.45) is 2.41. The third-order valence-corrected chi connectivity index (χ3v) is 5.79. The Kier molecular flexibility index (Phi) is 4.12. The van der Waals surface area contributed by atoms with Crippen LogP contribution in [0.1, 0.15) is 45.2 Å². The summed E-state index contributed by atoms with van der Waals surface area (Å²) in [5.41, 5.74) is -0.668. The number of oxazole rings is 1. The Labute approximate surface area is 151 Å². The minimum absolute atomic E-state index is 0.00670. The molecule has 26 heavy (non-hydrogen) atoms. The zero-order valence-electron chi connectivity index (χ0n) is 15.6. The smallest absolute Gasteiger partial charge is 0.326 e. The van der Waals surface area contributed by atoms with Crippen LogP contribution in [0.25, 0.3) is 0 Å². The molecular weight excluding hydrogens is 338 g/mol. The van der Waals surface area contributed by atoms with Crippen LogP contribution in [0, 0.1) is 22.7 Å². The summed E-state index contributed by atoms with van der Waals surface area (Å²) in [6, 6.07) is -1.72. The summed E-state index contributed by atoms with van der Waals surface area (Å²) in [6.45, 7) is 9.95. The molecule has 2 aliphatic rings. The summed E-state index contributed by atoms with van der Waals surface area (Å²) >= 11 is 0. The Morgan fingerprint density at radius 2 is 2.04 bits per heavy atom. The first kappa shape index (κ1) is 18.4. The molecule has 0 aromatic carbocycles. The molecule has 0 unspecified atom stereocenters. The quantitative estimate of drug-likeness (QED) is 0.836. The molecule has 1 saturated carbocycles. The molecule has 8 heteroatoms. The molecule has 2 amide bonds. The second-order valence-corrected chi connectivity index (χ2v) is 8.87. The number of carbonyl (C=O) groups is 3. The molecule has 1 saturated heterocycles. The first-order valence-corrected chi connectivity index (χ1v) is 8.69. The van der Waals surface area contributed by atoms with Gasteiger partial charge in [-0.1, -0.05) is 34.6 Å². The summed E-state index contributed by atoms with van der Waals surface area (Å²) in [4.78, 5) is 42.5. The van der Waals surface area contributed by atoms with Crippen molar-refractivity contribution in [1.82, 2.24) is 15.2 Å². The number of amides is 2. The molecule has 1 aliphatic carbocycles. The maximum atomic E-state index is 13.2. The lowest BCUT2D eigenvalue weighted by molar-refractivity contribution is -0.152. The van der Waals surface area contributed by atoms with Gasteiger partial charge in [-0.15, -0.1) is 0 Å². The number of hydrogen-bond donors (Lipinski definition) is 2. The lowest BCUT2D eigenvalue weighted by Gasteiger charge is -2.36. The molecular formula is C18H25N3O5. The van der Waals surface area contributed by atoms with Crippen molar-refractivity contribution in [3.63, 3.8) is 0 Å². The topological polar surface area (TPSA) is 113 Å². The van der Waals surface area contributed by atoms with Gasteiger partial charge in [0, 0.05) is 12.5 Å². The van der Waals surface area contributed by atoms with Gasteiger partial charge in [0.15, 0.2) is 6.39 Å². The van der Waals surface area contributed by atoms with Crippen molar-refractivity contribution >= 4 is 17.8 Å². The van der Waals surface area contributed by atoms with Crippen LogP contribution in [0.3, 0.4) is 0 Å². The van der Waals surface area contributed by atoms with E-state index in [4.69, 9.17) is 4.42 Å². The molecule has 2 N–H and O–H groups in total. The van der Waals surface area contributed by atoms with E-state index >= 15 is 0 Å². The van der Waals surface area contributed by atoms with Gasteiger partial charge >= 0.3 is 5.97 Å². The molecule has 142 valence electrons. The van der Waals surface area contributed by atoms with E-state index in [1.54, 1.807) is 0 Å². The number of likely N-dealkylation sites (tertiary alicyclic amines) is 1. The van der Waals surface area contributed by atoms with Crippen molar-refractivity contribution in [1.29, 1.82) is 0 Å². The number of aromatic nitrogens is 1. The van der Waals surface area contributed by atoms with Gasteiger partial charge in [0.2, 0.25) is 11.7 Å². The molecule has 8 nitrogen and oxygen atoms in total. The average Bonchev–Trinajstić information content (AvgIpc) is 3.01. The van der Waals surface area contributed by atoms with E-state index < -0.39 is 29.4 Å². The van der Waals surface area contributed by atoms with Crippen LogP contribution in [0.4, 0.5) is 0 Å². The lowest BCUT2D eigenvalue weighted by atomic mass is 9.85. The zero-order valence-corrected chi connectivity index (χ0v) is 15.6. The highest BCUT2D eigenvalue weighted by atomic mass is 16.4. The van der Waals surface area contributed by atoms with Gasteiger partial charge in [-0.3, -0.25) is 9.59 Å². The van der Waals surface area contributed by atoms with Gasteiger partial charge in [-0.2, -0.15) is 0 Å². The number of carboxylic acid groups (broad SMARTS) is 1. The number of nitrogens with one attached hydrogen (secondary N) is 1. The van der Waals surface area contributed by atoms with Crippen molar-refractivity contribution in [2.45, 2.75) is 46.7 Å². The number of carbonyl (C=O) groups excluding carboxylic acids is 2. The number of hydrogen-bond acceptors (Lipinski definition) is 5. The van der Waals surface area contributed by atoms with Crippen LogP contribution in [0.5, 0.6) is 0 Å². The fraction of sp³-hybridized carbons (Fsp3) is 0.667. The van der Waals surface area contributed by atoms with E-state index in [1.807, 2.05) is 34.6 Å². The van der Waals surface area contributed by atoms with Crippen molar-refractivity contribution in [3.8, 4) is 0 Å². The fourth-order valence-electron chi connectivity index (χ4n) is 4.14. The van der Waals surface area contributed by atoms with E-state index in [9.17, 15) is 19.5 Å². The molecule has 3 rings (SSSR count). The van der Waals surface area contributed by atoms with Crippen LogP contribution in [0.15, 0.2) is 17.0 Å². The largest absolute Gasteiger partial charge is 0.480 e. The highest BCUT2D eigenvalue weighted by molar-refractivity contribution is 5.96. The predicted molar refractivity (Wildman–Crippen MR) is 91.1 cm³/mol. The third-order valence-electron chi connectivity index (χ3n) is 5.79. The second-order valence-electron chi connectivity index (χ2n) is 8.87. The monoisotopic (exact) mass is 363 g/mol. The van der Waals surface area contributed by atoms with E-state index in [-0.39, 0.29) is 28.9 Å². The first-order chi connectivity index (χ1) is 12.0. The number of rotatable bonds is 4. The molecule has 2 fully saturated rings. The minimum Gasteiger partial charge on any atom is -0.480 e. The Morgan fingerprint density at radius 3 is 2.54 bits per heavy atom. The van der Waals surface area contributed by atoms with E-state index in [1.165, 1.54) is 11.1 Å². The molecule has 2 heterocycles. The third kappa shape index (κ3) is 2.87. The number of aliphatic carboxylic acids is 1.